The van der Waals surface area contributed by atoms with Crippen LogP contribution in [0.15, 0.2) is 23.1 Å². The monoisotopic (exact) mass is 414 g/mol. The molecule has 1 aromatic carbocycles. The van der Waals surface area contributed by atoms with E-state index in [-0.39, 0.29) is 47.0 Å². The molecule has 7 nitrogen and oxygen atoms in total. The molecule has 1 aliphatic rings. The summed E-state index contributed by atoms with van der Waals surface area (Å²) >= 11 is 12.0. The van der Waals surface area contributed by atoms with Crippen LogP contribution in [0.4, 0.5) is 0 Å². The summed E-state index contributed by atoms with van der Waals surface area (Å²) in [5.41, 5.74) is 0. The Labute approximate surface area is 162 Å². The van der Waals surface area contributed by atoms with Crippen molar-refractivity contribution in [3.63, 3.8) is 0 Å². The van der Waals surface area contributed by atoms with Gasteiger partial charge in [-0.1, -0.05) is 29.3 Å². The third kappa shape index (κ3) is 4.28. The number of rotatable bonds is 5. The molecule has 26 heavy (non-hydrogen) atoms. The van der Waals surface area contributed by atoms with Crippen LogP contribution in [0.2, 0.25) is 10.0 Å². The summed E-state index contributed by atoms with van der Waals surface area (Å²) in [5, 5.41) is 17.6. The van der Waals surface area contributed by atoms with Crippen LogP contribution in [0.25, 0.3) is 0 Å². The second-order valence-electron chi connectivity index (χ2n) is 5.74. The Hall–Kier alpha value is -1.84. The van der Waals surface area contributed by atoms with Gasteiger partial charge in [-0.05, 0) is 25.0 Å². The third-order valence-corrected chi connectivity index (χ3v) is 7.01. The third-order valence-electron chi connectivity index (χ3n) is 4.15. The van der Waals surface area contributed by atoms with Gasteiger partial charge in [0.2, 0.25) is 15.9 Å². The maximum Gasteiger partial charge on any atom is 0.246 e. The number of carbonyl (C=O) groups excluding carboxylic acids is 1. The largest absolute Gasteiger partial charge is 0.316 e. The fraction of sp³-hybridized carbons (Fsp3) is 0.438. The molecule has 0 aromatic heterocycles. The number of sulfonamides is 1. The maximum absolute atomic E-state index is 12.8. The van der Waals surface area contributed by atoms with Crippen molar-refractivity contribution in [1.29, 1.82) is 10.5 Å². The highest BCUT2D eigenvalue weighted by Crippen LogP contribution is 2.33. The number of nitriles is 2. The van der Waals surface area contributed by atoms with Crippen molar-refractivity contribution >= 4 is 39.1 Å². The van der Waals surface area contributed by atoms with Crippen LogP contribution in [0.1, 0.15) is 12.8 Å². The van der Waals surface area contributed by atoms with Crippen LogP contribution in [0, 0.1) is 28.6 Å². The SMILES string of the molecule is N#CCN(CC#N)C(=O)C1CCN(S(=O)(=O)c2c(Cl)cccc2Cl)CC1. The van der Waals surface area contributed by atoms with E-state index < -0.39 is 15.9 Å². The second kappa shape index (κ2) is 8.70. The van der Waals surface area contributed by atoms with E-state index in [1.54, 1.807) is 6.07 Å². The Morgan fingerprint density at radius 2 is 1.65 bits per heavy atom. The van der Waals surface area contributed by atoms with E-state index in [4.69, 9.17) is 33.7 Å². The van der Waals surface area contributed by atoms with E-state index in [2.05, 4.69) is 0 Å². The predicted octanol–water partition coefficient (Wildman–Crippen LogP) is 2.27. The summed E-state index contributed by atoms with van der Waals surface area (Å²) in [4.78, 5) is 13.5. The molecule has 138 valence electrons. The number of piperidine rings is 1. The molecule has 1 heterocycles. The van der Waals surface area contributed by atoms with Gasteiger partial charge in [0.1, 0.15) is 18.0 Å². The van der Waals surface area contributed by atoms with Crippen LogP contribution < -0.4 is 0 Å². The molecule has 0 radical (unpaired) electrons. The van der Waals surface area contributed by atoms with Gasteiger partial charge in [0.05, 0.1) is 22.2 Å². The average molecular weight is 415 g/mol. The van der Waals surface area contributed by atoms with Crippen molar-refractivity contribution in [3.05, 3.63) is 28.2 Å². The summed E-state index contributed by atoms with van der Waals surface area (Å²) in [6.07, 6.45) is 0.598. The first kappa shape index (κ1) is 20.5. The molecule has 1 aliphatic heterocycles. The molecule has 0 unspecified atom stereocenters. The lowest BCUT2D eigenvalue weighted by Gasteiger charge is -2.32. The smallest absolute Gasteiger partial charge is 0.246 e. The number of hydrogen-bond donors (Lipinski definition) is 0. The van der Waals surface area contributed by atoms with Gasteiger partial charge in [0, 0.05) is 19.0 Å². The van der Waals surface area contributed by atoms with Crippen LogP contribution in [0.3, 0.4) is 0 Å². The van der Waals surface area contributed by atoms with Gasteiger partial charge in [-0.25, -0.2) is 8.42 Å². The Bertz CT molecular complexity index is 832. The molecular formula is C16H16Cl2N4O3S. The summed E-state index contributed by atoms with van der Waals surface area (Å²) in [5.74, 6) is -0.731. The lowest BCUT2D eigenvalue weighted by Crippen LogP contribution is -2.44. The number of amides is 1. The quantitative estimate of drug-likeness (QED) is 0.686. The number of carbonyl (C=O) groups is 1. The molecule has 10 heteroatoms. The molecule has 1 fully saturated rings. The first-order valence-electron chi connectivity index (χ1n) is 7.79. The zero-order valence-electron chi connectivity index (χ0n) is 13.7. The molecule has 2 rings (SSSR count). The van der Waals surface area contributed by atoms with Gasteiger partial charge >= 0.3 is 0 Å². The molecular weight excluding hydrogens is 399 g/mol. The summed E-state index contributed by atoms with van der Waals surface area (Å²) in [7, 11) is -3.87. The van der Waals surface area contributed by atoms with E-state index >= 15 is 0 Å². The highest BCUT2D eigenvalue weighted by atomic mass is 35.5. The molecule has 1 saturated heterocycles. The van der Waals surface area contributed by atoms with E-state index in [1.807, 2.05) is 12.1 Å². The minimum absolute atomic E-state index is 0.0462. The fourth-order valence-electron chi connectivity index (χ4n) is 2.84. The highest BCUT2D eigenvalue weighted by Gasteiger charge is 2.35. The van der Waals surface area contributed by atoms with Crippen LogP contribution in [-0.2, 0) is 14.8 Å². The van der Waals surface area contributed by atoms with Crippen molar-refractivity contribution in [2.75, 3.05) is 26.2 Å². The van der Waals surface area contributed by atoms with Crippen molar-refractivity contribution in [3.8, 4) is 12.1 Å². The number of hydrogen-bond acceptors (Lipinski definition) is 5. The van der Waals surface area contributed by atoms with E-state index in [1.165, 1.54) is 21.3 Å². The Balaban J connectivity index is 2.12. The molecule has 0 saturated carbocycles. The number of halogens is 2. The maximum atomic E-state index is 12.8. The van der Waals surface area contributed by atoms with Gasteiger partial charge in [-0.3, -0.25) is 4.79 Å². The lowest BCUT2D eigenvalue weighted by molar-refractivity contribution is -0.135. The Morgan fingerprint density at radius 1 is 1.15 bits per heavy atom. The summed E-state index contributed by atoms with van der Waals surface area (Å²) in [6.45, 7) is -0.0687. The topological polar surface area (TPSA) is 105 Å². The lowest BCUT2D eigenvalue weighted by atomic mass is 9.96. The van der Waals surface area contributed by atoms with Crippen LogP contribution >= 0.6 is 23.2 Å². The molecule has 0 N–H and O–H groups in total. The molecule has 1 aromatic rings. The summed E-state index contributed by atoms with van der Waals surface area (Å²) in [6, 6.07) is 8.19. The second-order valence-corrected chi connectivity index (χ2v) is 8.43. The molecule has 0 bridgehead atoms. The van der Waals surface area contributed by atoms with E-state index in [9.17, 15) is 13.2 Å². The first-order chi connectivity index (χ1) is 12.3. The Morgan fingerprint density at radius 3 is 2.12 bits per heavy atom. The van der Waals surface area contributed by atoms with Gasteiger partial charge in [0.25, 0.3) is 0 Å². The molecule has 0 atom stereocenters. The fourth-order valence-corrected chi connectivity index (χ4v) is 5.40. The Kier molecular flexibility index (Phi) is 6.85. The number of nitrogens with zero attached hydrogens (tertiary/aromatic N) is 4. The van der Waals surface area contributed by atoms with Gasteiger partial charge in [0.15, 0.2) is 0 Å². The first-order valence-corrected chi connectivity index (χ1v) is 9.99. The van der Waals surface area contributed by atoms with Crippen molar-refractivity contribution in [2.24, 2.45) is 5.92 Å². The number of benzene rings is 1. The summed E-state index contributed by atoms with van der Waals surface area (Å²) < 4.78 is 26.9. The van der Waals surface area contributed by atoms with Crippen molar-refractivity contribution in [1.82, 2.24) is 9.21 Å². The van der Waals surface area contributed by atoms with Crippen molar-refractivity contribution in [2.45, 2.75) is 17.7 Å². The van der Waals surface area contributed by atoms with E-state index in [0.717, 1.165) is 0 Å². The predicted molar refractivity (Wildman–Crippen MR) is 95.8 cm³/mol. The molecule has 0 aliphatic carbocycles. The normalized spacial score (nSPS) is 15.8. The van der Waals surface area contributed by atoms with Crippen LogP contribution in [0.5, 0.6) is 0 Å². The molecule has 1 amide bonds. The van der Waals surface area contributed by atoms with Gasteiger partial charge < -0.3 is 4.90 Å². The van der Waals surface area contributed by atoms with Crippen LogP contribution in [-0.4, -0.2) is 49.7 Å². The van der Waals surface area contributed by atoms with Gasteiger partial charge in [-0.2, -0.15) is 14.8 Å². The molecule has 0 spiro atoms. The minimum Gasteiger partial charge on any atom is -0.316 e. The van der Waals surface area contributed by atoms with Gasteiger partial charge in [-0.15, -0.1) is 0 Å². The van der Waals surface area contributed by atoms with E-state index in [0.29, 0.717) is 12.8 Å². The standard InChI is InChI=1S/C16H16Cl2N4O3S/c17-13-2-1-3-14(18)15(13)26(24,25)22-8-4-12(5-9-22)16(23)21(10-6-19)11-7-20/h1-3,12H,4-5,8-11H2. The average Bonchev–Trinajstić information content (AvgIpc) is 2.61. The zero-order chi connectivity index (χ0) is 19.3. The zero-order valence-corrected chi connectivity index (χ0v) is 16.1. The van der Waals surface area contributed by atoms with Crippen molar-refractivity contribution < 1.29 is 13.2 Å². The highest BCUT2D eigenvalue weighted by molar-refractivity contribution is 7.89. The minimum atomic E-state index is -3.87.